The number of carbonyl (C=O) groups is 3. The van der Waals surface area contributed by atoms with Gasteiger partial charge in [0.15, 0.2) is 0 Å². The molecule has 1 fully saturated rings. The molecule has 0 bridgehead atoms. The van der Waals surface area contributed by atoms with E-state index in [1.165, 1.54) is 0 Å². The molecular weight excluding hydrogens is 372 g/mol. The monoisotopic (exact) mass is 396 g/mol. The van der Waals surface area contributed by atoms with Crippen LogP contribution in [-0.4, -0.2) is 76.9 Å². The normalized spacial score (nSPS) is 21.6. The van der Waals surface area contributed by atoms with Crippen molar-refractivity contribution in [1.29, 1.82) is 0 Å². The van der Waals surface area contributed by atoms with Crippen LogP contribution < -0.4 is 0 Å². The van der Waals surface area contributed by atoms with Crippen molar-refractivity contribution in [3.05, 3.63) is 35.9 Å². The molecule has 1 aliphatic heterocycles. The summed E-state index contributed by atoms with van der Waals surface area (Å²) >= 11 is 0. The number of esters is 3. The van der Waals surface area contributed by atoms with Crippen LogP contribution in [0.25, 0.3) is 0 Å². The summed E-state index contributed by atoms with van der Waals surface area (Å²) in [6, 6.07) is 9.08. The van der Waals surface area contributed by atoms with Gasteiger partial charge < -0.3 is 28.4 Å². The van der Waals surface area contributed by atoms with Crippen molar-refractivity contribution in [2.24, 2.45) is 0 Å². The molecule has 154 valence electrons. The molecule has 1 aliphatic rings. The van der Waals surface area contributed by atoms with E-state index in [9.17, 15) is 14.4 Å². The number of benzene rings is 1. The number of carbonyl (C=O) groups excluding carboxylic acids is 3. The van der Waals surface area contributed by atoms with Gasteiger partial charge in [-0.3, -0.25) is 0 Å². The molecule has 1 atom stereocenters. The van der Waals surface area contributed by atoms with Gasteiger partial charge in [-0.2, -0.15) is 0 Å². The number of ether oxygens (including phenoxy) is 6. The molecule has 28 heavy (non-hydrogen) atoms. The van der Waals surface area contributed by atoms with Crippen LogP contribution in [0, 0.1) is 0 Å². The first-order valence-corrected chi connectivity index (χ1v) is 8.94. The Hall–Kier alpha value is -2.49. The molecule has 0 spiro atoms. The summed E-state index contributed by atoms with van der Waals surface area (Å²) in [6.45, 7) is 0.207. The molecule has 1 aromatic carbocycles. The maximum atomic E-state index is 12.3. The molecule has 0 saturated carbocycles. The molecule has 1 unspecified atom stereocenters. The van der Waals surface area contributed by atoms with Crippen LogP contribution >= 0.6 is 0 Å². The molecule has 9 heteroatoms. The molecule has 9 nitrogen and oxygen atoms in total. The van der Waals surface area contributed by atoms with Crippen LogP contribution in [0.2, 0.25) is 0 Å². The molecule has 0 aromatic heterocycles. The highest BCUT2D eigenvalue weighted by Crippen LogP contribution is 2.09. The summed E-state index contributed by atoms with van der Waals surface area (Å²) in [4.78, 5) is 35.8. The van der Waals surface area contributed by atoms with Gasteiger partial charge in [-0.25, -0.2) is 14.4 Å². The summed E-state index contributed by atoms with van der Waals surface area (Å²) in [6.07, 6.45) is -0.977. The molecule has 2 rings (SSSR count). The van der Waals surface area contributed by atoms with Crippen LogP contribution in [0.15, 0.2) is 30.3 Å². The van der Waals surface area contributed by atoms with E-state index >= 15 is 0 Å². The molecule has 1 aromatic rings. The predicted molar refractivity (Wildman–Crippen MR) is 94.4 cm³/mol. The Morgan fingerprint density at radius 3 is 2.04 bits per heavy atom. The van der Waals surface area contributed by atoms with E-state index in [1.54, 1.807) is 0 Å². The molecule has 0 N–H and O–H groups in total. The molecule has 0 amide bonds. The lowest BCUT2D eigenvalue weighted by Gasteiger charge is -2.17. The highest BCUT2D eigenvalue weighted by atomic mass is 16.6. The minimum atomic E-state index is -1.13. The van der Waals surface area contributed by atoms with E-state index < -0.39 is 37.2 Å². The maximum Gasteiger partial charge on any atom is 0.347 e. The summed E-state index contributed by atoms with van der Waals surface area (Å²) in [5, 5.41) is 0. The van der Waals surface area contributed by atoms with Gasteiger partial charge in [0.25, 0.3) is 0 Å². The van der Waals surface area contributed by atoms with Crippen molar-refractivity contribution in [3.63, 3.8) is 0 Å². The first-order valence-electron chi connectivity index (χ1n) is 8.94. The highest BCUT2D eigenvalue weighted by Gasteiger charge is 2.25. The van der Waals surface area contributed by atoms with E-state index in [4.69, 9.17) is 28.4 Å². The molecule has 1 heterocycles. The molecular formula is C19H24O9. The fourth-order valence-electron chi connectivity index (χ4n) is 2.28. The third kappa shape index (κ3) is 8.94. The lowest BCUT2D eigenvalue weighted by Crippen LogP contribution is -2.33. The zero-order chi connectivity index (χ0) is 20.0. The van der Waals surface area contributed by atoms with Crippen LogP contribution in [-0.2, 0) is 49.2 Å². The minimum Gasteiger partial charge on any atom is -0.462 e. The summed E-state index contributed by atoms with van der Waals surface area (Å²) in [5.74, 6) is -2.10. The standard InChI is InChI=1S/C19H24O9/c20-17-13-25-14-18(21)28-16(12-15-4-2-1-3-5-15)19(22)27-11-9-24-7-6-23-8-10-26-17/h1-5,16H,6-14H2. The summed E-state index contributed by atoms with van der Waals surface area (Å²) in [7, 11) is 0. The average molecular weight is 396 g/mol. The van der Waals surface area contributed by atoms with Crippen LogP contribution in [0.4, 0.5) is 0 Å². The third-order valence-electron chi connectivity index (χ3n) is 3.58. The zero-order valence-electron chi connectivity index (χ0n) is 15.5. The number of cyclic esters (lactones) is 3. The fraction of sp³-hybridized carbons (Fsp3) is 0.526. The van der Waals surface area contributed by atoms with E-state index in [-0.39, 0.29) is 32.8 Å². The Balaban J connectivity index is 1.94. The molecule has 1 saturated heterocycles. The Kier molecular flexibility index (Phi) is 9.98. The number of hydrogen-bond acceptors (Lipinski definition) is 9. The maximum absolute atomic E-state index is 12.3. The zero-order valence-corrected chi connectivity index (χ0v) is 15.5. The predicted octanol–water partition coefficient (Wildman–Crippen LogP) is 0.291. The van der Waals surface area contributed by atoms with Crippen molar-refractivity contribution in [1.82, 2.24) is 0 Å². The first kappa shape index (κ1) is 21.8. The second-order valence-corrected chi connectivity index (χ2v) is 5.77. The Morgan fingerprint density at radius 2 is 1.32 bits per heavy atom. The Bertz CT molecular complexity index is 617. The van der Waals surface area contributed by atoms with E-state index in [0.717, 1.165) is 5.56 Å². The average Bonchev–Trinajstić information content (AvgIpc) is 2.69. The van der Waals surface area contributed by atoms with Crippen LogP contribution in [0.5, 0.6) is 0 Å². The van der Waals surface area contributed by atoms with Gasteiger partial charge in [0.2, 0.25) is 6.10 Å². The van der Waals surface area contributed by atoms with Gasteiger partial charge in [0.05, 0.1) is 26.4 Å². The largest absolute Gasteiger partial charge is 0.462 e. The lowest BCUT2D eigenvalue weighted by atomic mass is 10.1. The minimum absolute atomic E-state index is 0.0236. The topological polar surface area (TPSA) is 107 Å². The number of hydrogen-bond donors (Lipinski definition) is 0. The van der Waals surface area contributed by atoms with Gasteiger partial charge >= 0.3 is 17.9 Å². The second-order valence-electron chi connectivity index (χ2n) is 5.77. The molecule has 0 radical (unpaired) electrons. The quantitative estimate of drug-likeness (QED) is 0.515. The lowest BCUT2D eigenvalue weighted by molar-refractivity contribution is -0.172. The van der Waals surface area contributed by atoms with Crippen LogP contribution in [0.1, 0.15) is 5.56 Å². The van der Waals surface area contributed by atoms with Crippen molar-refractivity contribution < 1.29 is 42.8 Å². The SMILES string of the molecule is O=C1COCC(=O)OC(Cc2ccccc2)C(=O)OCCOCCOCCO1. The second kappa shape index (κ2) is 12.8. The number of rotatable bonds is 2. The van der Waals surface area contributed by atoms with Gasteiger partial charge in [0.1, 0.15) is 26.4 Å². The summed E-state index contributed by atoms with van der Waals surface area (Å²) in [5.41, 5.74) is 0.803. The smallest absolute Gasteiger partial charge is 0.347 e. The van der Waals surface area contributed by atoms with Crippen molar-refractivity contribution >= 4 is 17.9 Å². The fourth-order valence-corrected chi connectivity index (χ4v) is 2.28. The van der Waals surface area contributed by atoms with Gasteiger partial charge in [-0.05, 0) is 5.56 Å². The van der Waals surface area contributed by atoms with Crippen LogP contribution in [0.3, 0.4) is 0 Å². The van der Waals surface area contributed by atoms with E-state index in [1.807, 2.05) is 30.3 Å². The van der Waals surface area contributed by atoms with Crippen molar-refractivity contribution in [3.8, 4) is 0 Å². The van der Waals surface area contributed by atoms with Crippen molar-refractivity contribution in [2.75, 3.05) is 52.9 Å². The van der Waals surface area contributed by atoms with E-state index in [0.29, 0.717) is 13.2 Å². The highest BCUT2D eigenvalue weighted by molar-refractivity contribution is 5.80. The van der Waals surface area contributed by atoms with Gasteiger partial charge in [-0.15, -0.1) is 0 Å². The third-order valence-corrected chi connectivity index (χ3v) is 3.58. The Morgan fingerprint density at radius 1 is 0.714 bits per heavy atom. The molecule has 0 aliphatic carbocycles. The Labute approximate surface area is 162 Å². The van der Waals surface area contributed by atoms with Crippen molar-refractivity contribution in [2.45, 2.75) is 12.5 Å². The summed E-state index contributed by atoms with van der Waals surface area (Å²) < 4.78 is 30.7. The van der Waals surface area contributed by atoms with Gasteiger partial charge in [0, 0.05) is 6.42 Å². The van der Waals surface area contributed by atoms with Gasteiger partial charge in [-0.1, -0.05) is 30.3 Å². The first-order chi connectivity index (χ1) is 13.6. The van der Waals surface area contributed by atoms with E-state index in [2.05, 4.69) is 0 Å².